The van der Waals surface area contributed by atoms with Crippen molar-refractivity contribution in [2.75, 3.05) is 25.1 Å². The van der Waals surface area contributed by atoms with Crippen LogP contribution in [0.15, 0.2) is 108 Å². The molecular weight excluding hydrogens is 639 g/mol. The molecule has 0 heterocycles. The average Bonchev–Trinajstić information content (AvgIpc) is 3.12. The largest absolute Gasteiger partial charge is 0.497 e. The molecule has 0 radical (unpaired) electrons. The van der Waals surface area contributed by atoms with E-state index in [0.29, 0.717) is 5.75 Å². The second-order valence-electron chi connectivity index (χ2n) is 12.4. The normalized spacial score (nSPS) is 14.0. The highest BCUT2D eigenvalue weighted by Crippen LogP contribution is 2.36. The lowest BCUT2D eigenvalue weighted by molar-refractivity contribution is -0.140. The molecule has 49 heavy (non-hydrogen) atoms. The van der Waals surface area contributed by atoms with Crippen LogP contribution >= 0.6 is 0 Å². The molecule has 1 N–H and O–H groups in total. The Balaban J connectivity index is 1.61. The standard InChI is InChI=1S/C39H45N3O6S/c1-29-14-13-17-31(24-29)27-41(36(25-30-15-7-4-8-16-30)39(44)40-32-18-9-5-10-19-32)38(43)28-42(49(45,46)34-20-11-6-12-21-34)35-26-33(47-2)22-23-37(35)48-3/h4,6-8,11-17,20-24,26,32,36H,5,9-10,18-19,25,27-28H2,1-3H3,(H,40,44)/t36-/m0/s1. The number of nitrogens with one attached hydrogen (secondary N) is 1. The molecular formula is C39H45N3O6S. The van der Waals surface area contributed by atoms with Crippen molar-refractivity contribution in [2.45, 2.75) is 69.0 Å². The van der Waals surface area contributed by atoms with Crippen molar-refractivity contribution in [3.8, 4) is 11.5 Å². The maximum atomic E-state index is 14.8. The van der Waals surface area contributed by atoms with Crippen molar-refractivity contribution >= 4 is 27.5 Å². The fraction of sp³-hybridized carbons (Fsp3) is 0.333. The van der Waals surface area contributed by atoms with E-state index < -0.39 is 28.5 Å². The van der Waals surface area contributed by atoms with Crippen molar-refractivity contribution in [2.24, 2.45) is 0 Å². The van der Waals surface area contributed by atoms with Gasteiger partial charge >= 0.3 is 0 Å². The van der Waals surface area contributed by atoms with E-state index in [9.17, 15) is 18.0 Å². The van der Waals surface area contributed by atoms with Crippen molar-refractivity contribution in [3.63, 3.8) is 0 Å². The first-order valence-electron chi connectivity index (χ1n) is 16.7. The molecule has 4 aromatic carbocycles. The Morgan fingerprint density at radius 3 is 2.14 bits per heavy atom. The third kappa shape index (κ3) is 9.00. The van der Waals surface area contributed by atoms with Crippen LogP contribution in [0.1, 0.15) is 48.8 Å². The highest BCUT2D eigenvalue weighted by atomic mass is 32.2. The molecule has 1 fully saturated rings. The monoisotopic (exact) mass is 683 g/mol. The van der Waals surface area contributed by atoms with Gasteiger partial charge in [0.1, 0.15) is 24.1 Å². The van der Waals surface area contributed by atoms with Crippen LogP contribution in [0.4, 0.5) is 5.69 Å². The summed E-state index contributed by atoms with van der Waals surface area (Å²) >= 11 is 0. The Morgan fingerprint density at radius 2 is 1.49 bits per heavy atom. The number of anilines is 1. The minimum absolute atomic E-state index is 0.00813. The number of rotatable bonds is 14. The summed E-state index contributed by atoms with van der Waals surface area (Å²) in [6.45, 7) is 1.48. The smallest absolute Gasteiger partial charge is 0.264 e. The first-order chi connectivity index (χ1) is 23.7. The molecule has 1 aliphatic rings. The fourth-order valence-corrected chi connectivity index (χ4v) is 7.77. The van der Waals surface area contributed by atoms with E-state index in [1.54, 1.807) is 30.3 Å². The summed E-state index contributed by atoms with van der Waals surface area (Å²) in [6, 6.07) is 29.2. The zero-order chi connectivity index (χ0) is 34.8. The molecule has 4 aromatic rings. The van der Waals surface area contributed by atoms with Crippen LogP contribution in [0, 0.1) is 6.92 Å². The lowest BCUT2D eigenvalue weighted by atomic mass is 9.94. The first kappa shape index (κ1) is 35.5. The van der Waals surface area contributed by atoms with Gasteiger partial charge in [-0.25, -0.2) is 8.42 Å². The lowest BCUT2D eigenvalue weighted by Gasteiger charge is -2.35. The van der Waals surface area contributed by atoms with Crippen LogP contribution < -0.4 is 19.1 Å². The third-order valence-electron chi connectivity index (χ3n) is 8.92. The Kier molecular flexibility index (Phi) is 12.0. The quantitative estimate of drug-likeness (QED) is 0.167. The van der Waals surface area contributed by atoms with E-state index in [0.717, 1.165) is 53.1 Å². The van der Waals surface area contributed by atoms with Gasteiger partial charge in [-0.15, -0.1) is 0 Å². The molecule has 0 aromatic heterocycles. The van der Waals surface area contributed by atoms with Gasteiger partial charge in [-0.1, -0.05) is 97.6 Å². The third-order valence-corrected chi connectivity index (χ3v) is 10.7. The van der Waals surface area contributed by atoms with Crippen LogP contribution in [0.3, 0.4) is 0 Å². The van der Waals surface area contributed by atoms with Gasteiger partial charge in [0.25, 0.3) is 10.0 Å². The van der Waals surface area contributed by atoms with Crippen LogP contribution in [0.5, 0.6) is 11.5 Å². The topological polar surface area (TPSA) is 105 Å². The molecule has 1 atom stereocenters. The summed E-state index contributed by atoms with van der Waals surface area (Å²) < 4.78 is 40.9. The number of hydrogen-bond donors (Lipinski definition) is 1. The molecule has 9 nitrogen and oxygen atoms in total. The number of carbonyl (C=O) groups excluding carboxylic acids is 2. The second kappa shape index (κ2) is 16.5. The van der Waals surface area contributed by atoms with Gasteiger partial charge in [0.15, 0.2) is 0 Å². The number of ether oxygens (including phenoxy) is 2. The van der Waals surface area contributed by atoms with E-state index in [2.05, 4.69) is 5.32 Å². The van der Waals surface area contributed by atoms with Crippen molar-refractivity contribution in [1.82, 2.24) is 10.2 Å². The molecule has 0 saturated heterocycles. The minimum Gasteiger partial charge on any atom is -0.497 e. The van der Waals surface area contributed by atoms with E-state index in [-0.39, 0.29) is 41.2 Å². The first-order valence-corrected chi connectivity index (χ1v) is 18.1. The number of aryl methyl sites for hydroxylation is 1. The number of methoxy groups -OCH3 is 2. The fourth-order valence-electron chi connectivity index (χ4n) is 6.33. The summed E-state index contributed by atoms with van der Waals surface area (Å²) in [6.07, 6.45) is 5.23. The summed E-state index contributed by atoms with van der Waals surface area (Å²) in [4.78, 5) is 30.7. The molecule has 258 valence electrons. The highest BCUT2D eigenvalue weighted by molar-refractivity contribution is 7.92. The predicted molar refractivity (Wildman–Crippen MR) is 191 cm³/mol. The molecule has 2 amide bonds. The van der Waals surface area contributed by atoms with Crippen LogP contribution in [0.25, 0.3) is 0 Å². The predicted octanol–water partition coefficient (Wildman–Crippen LogP) is 6.30. The molecule has 0 unspecified atom stereocenters. The van der Waals surface area contributed by atoms with Gasteiger partial charge in [0.2, 0.25) is 11.8 Å². The Hall–Kier alpha value is -4.83. The molecule has 10 heteroatoms. The summed E-state index contributed by atoms with van der Waals surface area (Å²) in [7, 11) is -1.38. The number of nitrogens with zero attached hydrogens (tertiary/aromatic N) is 2. The molecule has 0 spiro atoms. The molecule has 5 rings (SSSR count). The zero-order valence-corrected chi connectivity index (χ0v) is 29.2. The Morgan fingerprint density at radius 1 is 0.816 bits per heavy atom. The van der Waals surface area contributed by atoms with E-state index in [1.807, 2.05) is 61.5 Å². The Labute approximate surface area is 289 Å². The van der Waals surface area contributed by atoms with Crippen LogP contribution in [-0.4, -0.2) is 58.0 Å². The van der Waals surface area contributed by atoms with Crippen molar-refractivity contribution < 1.29 is 27.5 Å². The molecule has 1 saturated carbocycles. The van der Waals surface area contributed by atoms with Gasteiger partial charge < -0.3 is 19.7 Å². The maximum Gasteiger partial charge on any atom is 0.264 e. The van der Waals surface area contributed by atoms with Crippen LogP contribution in [0.2, 0.25) is 0 Å². The summed E-state index contributed by atoms with van der Waals surface area (Å²) in [5, 5.41) is 3.24. The van der Waals surface area contributed by atoms with Crippen molar-refractivity contribution in [1.29, 1.82) is 0 Å². The molecule has 0 bridgehead atoms. The second-order valence-corrected chi connectivity index (χ2v) is 14.3. The van der Waals surface area contributed by atoms with Gasteiger partial charge in [-0.2, -0.15) is 0 Å². The maximum absolute atomic E-state index is 14.8. The number of sulfonamides is 1. The minimum atomic E-state index is -4.30. The van der Waals surface area contributed by atoms with Gasteiger partial charge in [0, 0.05) is 25.1 Å². The number of carbonyl (C=O) groups is 2. The van der Waals surface area contributed by atoms with E-state index >= 15 is 0 Å². The average molecular weight is 684 g/mol. The van der Waals surface area contributed by atoms with Gasteiger partial charge in [-0.3, -0.25) is 13.9 Å². The number of benzene rings is 4. The Bertz CT molecular complexity index is 1810. The zero-order valence-electron chi connectivity index (χ0n) is 28.4. The van der Waals surface area contributed by atoms with Gasteiger partial charge in [-0.05, 0) is 55.2 Å². The highest BCUT2D eigenvalue weighted by Gasteiger charge is 2.36. The van der Waals surface area contributed by atoms with E-state index in [4.69, 9.17) is 9.47 Å². The van der Waals surface area contributed by atoms with Gasteiger partial charge in [0.05, 0.1) is 24.8 Å². The van der Waals surface area contributed by atoms with E-state index in [1.165, 1.54) is 37.3 Å². The summed E-state index contributed by atoms with van der Waals surface area (Å²) in [5.74, 6) is -0.157. The lowest BCUT2D eigenvalue weighted by Crippen LogP contribution is -2.55. The number of hydrogen-bond acceptors (Lipinski definition) is 6. The molecule has 1 aliphatic carbocycles. The summed E-state index contributed by atoms with van der Waals surface area (Å²) in [5.41, 5.74) is 2.86. The number of amides is 2. The van der Waals surface area contributed by atoms with Crippen molar-refractivity contribution in [3.05, 3.63) is 120 Å². The van der Waals surface area contributed by atoms with Crippen LogP contribution in [-0.2, 0) is 32.6 Å². The molecule has 0 aliphatic heterocycles. The SMILES string of the molecule is COc1ccc(OC)c(N(CC(=O)N(Cc2cccc(C)c2)[C@@H](Cc2ccccc2)C(=O)NC2CCCCC2)S(=O)(=O)c2ccccc2)c1.